The minimum Gasteiger partial charge on any atom is -0.493 e. The minimum absolute atomic E-state index is 0.0739. The van der Waals surface area contributed by atoms with Crippen LogP contribution in [0.5, 0.6) is 11.5 Å². The summed E-state index contributed by atoms with van der Waals surface area (Å²) in [5, 5.41) is 11.8. The van der Waals surface area contributed by atoms with E-state index in [1.807, 2.05) is 6.92 Å². The van der Waals surface area contributed by atoms with Crippen LogP contribution in [0.15, 0.2) is 18.2 Å². The number of hydrogen-bond acceptors (Lipinski definition) is 4. The van der Waals surface area contributed by atoms with Crippen molar-refractivity contribution in [2.45, 2.75) is 19.4 Å². The van der Waals surface area contributed by atoms with Gasteiger partial charge in [-0.05, 0) is 24.6 Å². The molecular formula is C13H19NO4. The lowest BCUT2D eigenvalue weighted by Crippen LogP contribution is -2.36. The maximum Gasteiger partial charge on any atom is 0.251 e. The fourth-order valence-electron chi connectivity index (χ4n) is 1.52. The standard InChI is InChI=1S/C13H19NO4/c1-4-10(8-15)14-13(16)9-5-6-11(17-2)12(7-9)18-3/h5-7,10,15H,4,8H2,1-3H3,(H,14,16)/t10-/m0/s1. The van der Waals surface area contributed by atoms with Crippen LogP contribution in [0, 0.1) is 0 Å². The highest BCUT2D eigenvalue weighted by Gasteiger charge is 2.13. The molecule has 1 atom stereocenters. The Morgan fingerprint density at radius 1 is 1.33 bits per heavy atom. The molecular weight excluding hydrogens is 234 g/mol. The molecule has 0 fully saturated rings. The number of rotatable bonds is 6. The molecule has 100 valence electrons. The van der Waals surface area contributed by atoms with E-state index >= 15 is 0 Å². The number of carbonyl (C=O) groups excluding carboxylic acids is 1. The molecule has 1 aromatic rings. The highest BCUT2D eigenvalue weighted by atomic mass is 16.5. The Kier molecular flexibility index (Phi) is 5.45. The minimum atomic E-state index is -0.239. The number of amides is 1. The molecule has 0 aliphatic rings. The number of aliphatic hydroxyl groups excluding tert-OH is 1. The summed E-state index contributed by atoms with van der Waals surface area (Å²) in [6.07, 6.45) is 0.676. The molecule has 0 aliphatic carbocycles. The summed E-state index contributed by atoms with van der Waals surface area (Å²) in [7, 11) is 3.05. The third kappa shape index (κ3) is 3.37. The molecule has 5 heteroatoms. The van der Waals surface area contributed by atoms with Crippen LogP contribution < -0.4 is 14.8 Å². The second-order valence-electron chi connectivity index (χ2n) is 3.83. The van der Waals surface area contributed by atoms with E-state index in [1.165, 1.54) is 14.2 Å². The van der Waals surface area contributed by atoms with Crippen LogP contribution in [0.1, 0.15) is 23.7 Å². The SMILES string of the molecule is CC[C@@H](CO)NC(=O)c1ccc(OC)c(OC)c1. The first kappa shape index (κ1) is 14.3. The third-order valence-corrected chi connectivity index (χ3v) is 2.69. The summed E-state index contributed by atoms with van der Waals surface area (Å²) < 4.78 is 10.2. The van der Waals surface area contributed by atoms with Gasteiger partial charge in [0.05, 0.1) is 26.9 Å². The van der Waals surface area contributed by atoms with Crippen molar-refractivity contribution in [1.82, 2.24) is 5.32 Å². The normalized spacial score (nSPS) is 11.8. The molecule has 0 saturated carbocycles. The van der Waals surface area contributed by atoms with Gasteiger partial charge in [-0.3, -0.25) is 4.79 Å². The Morgan fingerprint density at radius 2 is 2.00 bits per heavy atom. The first-order chi connectivity index (χ1) is 8.65. The third-order valence-electron chi connectivity index (χ3n) is 2.69. The van der Waals surface area contributed by atoms with E-state index in [4.69, 9.17) is 14.6 Å². The fourth-order valence-corrected chi connectivity index (χ4v) is 1.52. The maximum absolute atomic E-state index is 11.9. The molecule has 0 spiro atoms. The van der Waals surface area contributed by atoms with Crippen molar-refractivity contribution in [2.75, 3.05) is 20.8 Å². The van der Waals surface area contributed by atoms with Gasteiger partial charge in [-0.2, -0.15) is 0 Å². The average Bonchev–Trinajstić information content (AvgIpc) is 2.43. The predicted octanol–water partition coefficient (Wildman–Crippen LogP) is 1.20. The Labute approximate surface area is 107 Å². The summed E-state index contributed by atoms with van der Waals surface area (Å²) in [4.78, 5) is 11.9. The van der Waals surface area contributed by atoms with Crippen LogP contribution in [-0.2, 0) is 0 Å². The fraction of sp³-hybridized carbons (Fsp3) is 0.462. The monoisotopic (exact) mass is 253 g/mol. The van der Waals surface area contributed by atoms with Crippen molar-refractivity contribution < 1.29 is 19.4 Å². The van der Waals surface area contributed by atoms with Gasteiger partial charge < -0.3 is 19.9 Å². The number of ether oxygens (including phenoxy) is 2. The molecule has 1 amide bonds. The van der Waals surface area contributed by atoms with Crippen molar-refractivity contribution in [2.24, 2.45) is 0 Å². The topological polar surface area (TPSA) is 67.8 Å². The van der Waals surface area contributed by atoms with E-state index in [1.54, 1.807) is 18.2 Å². The van der Waals surface area contributed by atoms with Crippen LogP contribution >= 0.6 is 0 Å². The predicted molar refractivity (Wildman–Crippen MR) is 68.2 cm³/mol. The molecule has 0 saturated heterocycles. The largest absolute Gasteiger partial charge is 0.493 e. The van der Waals surface area contributed by atoms with Gasteiger partial charge >= 0.3 is 0 Å². The number of carbonyl (C=O) groups is 1. The zero-order valence-electron chi connectivity index (χ0n) is 10.9. The quantitative estimate of drug-likeness (QED) is 0.799. The number of methoxy groups -OCH3 is 2. The number of hydrogen-bond donors (Lipinski definition) is 2. The van der Waals surface area contributed by atoms with E-state index in [9.17, 15) is 4.79 Å². The lowest BCUT2D eigenvalue weighted by atomic mass is 10.1. The Hall–Kier alpha value is -1.75. The van der Waals surface area contributed by atoms with Gasteiger partial charge in [0.2, 0.25) is 0 Å². The first-order valence-corrected chi connectivity index (χ1v) is 5.80. The Bertz CT molecular complexity index is 402. The van der Waals surface area contributed by atoms with Gasteiger partial charge in [0.15, 0.2) is 11.5 Å². The van der Waals surface area contributed by atoms with Crippen molar-refractivity contribution in [3.05, 3.63) is 23.8 Å². The van der Waals surface area contributed by atoms with E-state index in [0.29, 0.717) is 23.5 Å². The number of nitrogens with one attached hydrogen (secondary N) is 1. The van der Waals surface area contributed by atoms with Gasteiger partial charge in [-0.1, -0.05) is 6.92 Å². The van der Waals surface area contributed by atoms with Crippen LogP contribution in [-0.4, -0.2) is 37.9 Å². The zero-order chi connectivity index (χ0) is 13.5. The highest BCUT2D eigenvalue weighted by molar-refractivity contribution is 5.95. The lowest BCUT2D eigenvalue weighted by molar-refractivity contribution is 0.0914. The number of benzene rings is 1. The van der Waals surface area contributed by atoms with Crippen LogP contribution in [0.4, 0.5) is 0 Å². The van der Waals surface area contributed by atoms with E-state index in [0.717, 1.165) is 0 Å². The highest BCUT2D eigenvalue weighted by Crippen LogP contribution is 2.27. The molecule has 1 rings (SSSR count). The number of aliphatic hydroxyl groups is 1. The van der Waals surface area contributed by atoms with Crippen molar-refractivity contribution in [1.29, 1.82) is 0 Å². The van der Waals surface area contributed by atoms with Gasteiger partial charge in [0, 0.05) is 5.56 Å². The Balaban J connectivity index is 2.86. The summed E-state index contributed by atoms with van der Waals surface area (Å²) in [6.45, 7) is 1.82. The summed E-state index contributed by atoms with van der Waals surface area (Å²) in [5.41, 5.74) is 0.472. The molecule has 0 aliphatic heterocycles. The second kappa shape index (κ2) is 6.86. The van der Waals surface area contributed by atoms with E-state index in [2.05, 4.69) is 5.32 Å². The maximum atomic E-state index is 11.9. The van der Waals surface area contributed by atoms with Crippen molar-refractivity contribution in [3.8, 4) is 11.5 Å². The molecule has 0 heterocycles. The molecule has 2 N–H and O–H groups in total. The molecule has 5 nitrogen and oxygen atoms in total. The average molecular weight is 253 g/mol. The van der Waals surface area contributed by atoms with Gasteiger partial charge in [-0.25, -0.2) is 0 Å². The summed E-state index contributed by atoms with van der Waals surface area (Å²) in [6, 6.07) is 4.71. The zero-order valence-corrected chi connectivity index (χ0v) is 10.9. The molecule has 0 bridgehead atoms. The van der Waals surface area contributed by atoms with Crippen LogP contribution in [0.2, 0.25) is 0 Å². The summed E-state index contributed by atoms with van der Waals surface area (Å²) >= 11 is 0. The van der Waals surface area contributed by atoms with Crippen LogP contribution in [0.3, 0.4) is 0 Å². The first-order valence-electron chi connectivity index (χ1n) is 5.80. The van der Waals surface area contributed by atoms with Crippen LogP contribution in [0.25, 0.3) is 0 Å². The smallest absolute Gasteiger partial charge is 0.251 e. The van der Waals surface area contributed by atoms with Gasteiger partial charge in [0.25, 0.3) is 5.91 Å². The summed E-state index contributed by atoms with van der Waals surface area (Å²) in [5.74, 6) is 0.835. The van der Waals surface area contributed by atoms with Gasteiger partial charge in [0.1, 0.15) is 0 Å². The lowest BCUT2D eigenvalue weighted by Gasteiger charge is -2.15. The molecule has 0 aromatic heterocycles. The van der Waals surface area contributed by atoms with Gasteiger partial charge in [-0.15, -0.1) is 0 Å². The molecule has 0 unspecified atom stereocenters. The second-order valence-corrected chi connectivity index (χ2v) is 3.83. The van der Waals surface area contributed by atoms with E-state index in [-0.39, 0.29) is 18.6 Å². The molecule has 18 heavy (non-hydrogen) atoms. The molecule has 1 aromatic carbocycles. The van der Waals surface area contributed by atoms with E-state index < -0.39 is 0 Å². The van der Waals surface area contributed by atoms with Crippen molar-refractivity contribution in [3.63, 3.8) is 0 Å². The Morgan fingerprint density at radius 3 is 2.50 bits per heavy atom. The van der Waals surface area contributed by atoms with Crippen molar-refractivity contribution >= 4 is 5.91 Å². The molecule has 0 radical (unpaired) electrons.